The Labute approximate surface area is 207 Å². The summed E-state index contributed by atoms with van der Waals surface area (Å²) in [6, 6.07) is 11.9. The van der Waals surface area contributed by atoms with E-state index >= 15 is 0 Å². The van der Waals surface area contributed by atoms with Gasteiger partial charge in [0, 0.05) is 30.5 Å². The molecule has 8 N–H and O–H groups in total. The molecule has 11 heteroatoms. The molecule has 2 aromatic rings. The molecule has 1 saturated carbocycles. The number of hydrogen-bond donors (Lipinski definition) is 7. The summed E-state index contributed by atoms with van der Waals surface area (Å²) in [6.45, 7) is 1.41. The SMILES string of the molecule is CC(=O)c1ccc(NC(=O)NC2CC(O)(C(=O)NC(Cc3ccccc3)C(N)=O)CC(O)C2O)cc1. The minimum absolute atomic E-state index is 0.0929. The number of hydrogen-bond acceptors (Lipinski definition) is 7. The molecule has 0 saturated heterocycles. The lowest BCUT2D eigenvalue weighted by atomic mass is 9.77. The lowest BCUT2D eigenvalue weighted by Crippen LogP contribution is -2.64. The zero-order chi connectivity index (χ0) is 26.5. The molecule has 0 aliphatic heterocycles. The van der Waals surface area contributed by atoms with E-state index in [1.165, 1.54) is 31.2 Å². The topological polar surface area (TPSA) is 191 Å². The van der Waals surface area contributed by atoms with E-state index in [2.05, 4.69) is 16.0 Å². The molecule has 0 bridgehead atoms. The van der Waals surface area contributed by atoms with Crippen LogP contribution in [-0.4, -0.2) is 68.8 Å². The van der Waals surface area contributed by atoms with Crippen molar-refractivity contribution >= 4 is 29.3 Å². The van der Waals surface area contributed by atoms with Gasteiger partial charge in [0.05, 0.1) is 12.1 Å². The molecule has 2 aromatic carbocycles. The van der Waals surface area contributed by atoms with Crippen LogP contribution < -0.4 is 21.7 Å². The van der Waals surface area contributed by atoms with E-state index in [1.54, 1.807) is 30.3 Å². The number of anilines is 1. The minimum Gasteiger partial charge on any atom is -0.390 e. The standard InChI is InChI=1S/C25H30N4O7/c1-14(30)16-7-9-17(10-8-16)27-24(35)29-19-12-25(36,13-20(31)21(19)32)23(34)28-18(22(26)33)11-15-5-3-2-4-6-15/h2-10,18-21,31-32,36H,11-13H2,1H3,(H2,26,33)(H,28,34)(H2,27,29,35). The average Bonchev–Trinajstić information content (AvgIpc) is 2.82. The molecule has 1 aliphatic rings. The van der Waals surface area contributed by atoms with Gasteiger partial charge >= 0.3 is 6.03 Å². The summed E-state index contributed by atoms with van der Waals surface area (Å²) in [4.78, 5) is 48.8. The third kappa shape index (κ3) is 6.66. The maximum absolute atomic E-state index is 13.0. The number of ketones is 1. The van der Waals surface area contributed by atoms with Crippen LogP contribution >= 0.6 is 0 Å². The molecule has 4 amide bonds. The maximum atomic E-state index is 13.0. The van der Waals surface area contributed by atoms with Gasteiger partial charge in [-0.25, -0.2) is 4.79 Å². The number of urea groups is 1. The van der Waals surface area contributed by atoms with Crippen molar-refractivity contribution in [2.75, 3.05) is 5.32 Å². The van der Waals surface area contributed by atoms with Gasteiger partial charge in [0.1, 0.15) is 17.7 Å². The highest BCUT2D eigenvalue weighted by Crippen LogP contribution is 2.30. The van der Waals surface area contributed by atoms with E-state index in [9.17, 15) is 34.5 Å². The Morgan fingerprint density at radius 2 is 1.67 bits per heavy atom. The maximum Gasteiger partial charge on any atom is 0.319 e. The second kappa shape index (κ2) is 11.3. The van der Waals surface area contributed by atoms with Crippen molar-refractivity contribution in [3.63, 3.8) is 0 Å². The number of carbonyl (C=O) groups excluding carboxylic acids is 4. The van der Waals surface area contributed by atoms with E-state index in [1.807, 2.05) is 0 Å². The molecule has 3 rings (SSSR count). The Balaban J connectivity index is 1.67. The minimum atomic E-state index is -2.19. The lowest BCUT2D eigenvalue weighted by molar-refractivity contribution is -0.158. The predicted octanol–water partition coefficient (Wildman–Crippen LogP) is -0.161. The summed E-state index contributed by atoms with van der Waals surface area (Å²) in [5.41, 5.74) is 4.81. The van der Waals surface area contributed by atoms with Crippen LogP contribution in [0, 0.1) is 0 Å². The predicted molar refractivity (Wildman–Crippen MR) is 130 cm³/mol. The van der Waals surface area contributed by atoms with E-state index in [-0.39, 0.29) is 12.2 Å². The van der Waals surface area contributed by atoms with E-state index < -0.39 is 60.6 Å². The molecule has 5 atom stereocenters. The van der Waals surface area contributed by atoms with Gasteiger partial charge in [-0.05, 0) is 36.8 Å². The van der Waals surface area contributed by atoms with Crippen LogP contribution in [0.15, 0.2) is 54.6 Å². The second-order valence-corrected chi connectivity index (χ2v) is 8.95. The fourth-order valence-electron chi connectivity index (χ4n) is 4.11. The highest BCUT2D eigenvalue weighted by molar-refractivity contribution is 5.95. The van der Waals surface area contributed by atoms with E-state index in [0.29, 0.717) is 11.3 Å². The van der Waals surface area contributed by atoms with Gasteiger partial charge < -0.3 is 37.0 Å². The van der Waals surface area contributed by atoms with Crippen LogP contribution in [0.2, 0.25) is 0 Å². The van der Waals surface area contributed by atoms with Gasteiger partial charge in [-0.2, -0.15) is 0 Å². The van der Waals surface area contributed by atoms with Crippen LogP contribution in [0.25, 0.3) is 0 Å². The molecular weight excluding hydrogens is 468 g/mol. The Hall–Kier alpha value is -3.80. The zero-order valence-corrected chi connectivity index (χ0v) is 19.7. The summed E-state index contributed by atoms with van der Waals surface area (Å²) < 4.78 is 0. The Morgan fingerprint density at radius 3 is 2.25 bits per heavy atom. The monoisotopic (exact) mass is 498 g/mol. The van der Waals surface area contributed by atoms with Crippen molar-refractivity contribution in [1.29, 1.82) is 0 Å². The summed E-state index contributed by atoms with van der Waals surface area (Å²) in [5, 5.41) is 39.1. The molecule has 1 aliphatic carbocycles. The number of nitrogens with one attached hydrogen (secondary N) is 3. The van der Waals surface area contributed by atoms with E-state index in [0.717, 1.165) is 5.56 Å². The Kier molecular flexibility index (Phi) is 8.41. The highest BCUT2D eigenvalue weighted by Gasteiger charge is 2.49. The number of benzene rings is 2. The van der Waals surface area contributed by atoms with Crippen LogP contribution in [0.3, 0.4) is 0 Å². The molecule has 0 radical (unpaired) electrons. The quantitative estimate of drug-likeness (QED) is 0.246. The van der Waals surface area contributed by atoms with Crippen LogP contribution in [-0.2, 0) is 16.0 Å². The molecule has 11 nitrogen and oxygen atoms in total. The van der Waals surface area contributed by atoms with Crippen molar-refractivity contribution in [2.45, 2.75) is 56.1 Å². The highest BCUT2D eigenvalue weighted by atomic mass is 16.3. The molecule has 1 fully saturated rings. The number of Topliss-reactive ketones (excluding diaryl/α,β-unsaturated/α-hetero) is 1. The van der Waals surface area contributed by atoms with Crippen molar-refractivity contribution in [1.82, 2.24) is 10.6 Å². The van der Waals surface area contributed by atoms with E-state index in [4.69, 9.17) is 5.73 Å². The molecule has 0 heterocycles. The largest absolute Gasteiger partial charge is 0.390 e. The second-order valence-electron chi connectivity index (χ2n) is 8.95. The molecule has 0 aromatic heterocycles. The van der Waals surface area contributed by atoms with Crippen molar-refractivity contribution in [3.8, 4) is 0 Å². The first-order valence-electron chi connectivity index (χ1n) is 11.4. The third-order valence-electron chi connectivity index (χ3n) is 6.13. The van der Waals surface area contributed by atoms with Gasteiger partial charge in [-0.15, -0.1) is 0 Å². The van der Waals surface area contributed by atoms with Crippen LogP contribution in [0.4, 0.5) is 10.5 Å². The molecule has 36 heavy (non-hydrogen) atoms. The normalized spacial score (nSPS) is 24.3. The number of aliphatic hydroxyl groups excluding tert-OH is 2. The Bertz CT molecular complexity index is 1110. The van der Waals surface area contributed by atoms with Gasteiger partial charge in [0.15, 0.2) is 5.78 Å². The fraction of sp³-hybridized carbons (Fsp3) is 0.360. The first-order chi connectivity index (χ1) is 17.0. The van der Waals surface area contributed by atoms with Crippen molar-refractivity contribution in [3.05, 3.63) is 65.7 Å². The first-order valence-corrected chi connectivity index (χ1v) is 11.4. The smallest absolute Gasteiger partial charge is 0.319 e. The Morgan fingerprint density at radius 1 is 1.03 bits per heavy atom. The van der Waals surface area contributed by atoms with Crippen LogP contribution in [0.1, 0.15) is 35.7 Å². The summed E-state index contributed by atoms with van der Waals surface area (Å²) >= 11 is 0. The molecular formula is C25H30N4O7. The molecule has 192 valence electrons. The number of rotatable bonds is 8. The van der Waals surface area contributed by atoms with Crippen molar-refractivity contribution in [2.24, 2.45) is 5.73 Å². The zero-order valence-electron chi connectivity index (χ0n) is 19.7. The summed E-state index contributed by atoms with van der Waals surface area (Å²) in [5.74, 6) is -1.90. The summed E-state index contributed by atoms with van der Waals surface area (Å²) in [7, 11) is 0. The fourth-order valence-corrected chi connectivity index (χ4v) is 4.11. The molecule has 0 spiro atoms. The number of nitrogens with two attached hydrogens (primary N) is 1. The number of carbonyl (C=O) groups is 4. The van der Waals surface area contributed by atoms with Gasteiger partial charge in [0.25, 0.3) is 5.91 Å². The number of aliphatic hydroxyl groups is 3. The van der Waals surface area contributed by atoms with Crippen molar-refractivity contribution < 1.29 is 34.5 Å². The average molecular weight is 499 g/mol. The lowest BCUT2D eigenvalue weighted by Gasteiger charge is -2.41. The van der Waals surface area contributed by atoms with Crippen LogP contribution in [0.5, 0.6) is 0 Å². The number of amides is 4. The first kappa shape index (κ1) is 26.8. The van der Waals surface area contributed by atoms with Gasteiger partial charge in [-0.1, -0.05) is 30.3 Å². The third-order valence-corrected chi connectivity index (χ3v) is 6.13. The molecule has 5 unspecified atom stereocenters. The summed E-state index contributed by atoms with van der Waals surface area (Å²) in [6.07, 6.45) is -3.83. The number of primary amides is 1. The van der Waals surface area contributed by atoms with Gasteiger partial charge in [-0.3, -0.25) is 14.4 Å². The van der Waals surface area contributed by atoms with Gasteiger partial charge in [0.2, 0.25) is 5.91 Å².